The van der Waals surface area contributed by atoms with E-state index < -0.39 is 0 Å². The number of nitrogens with zero attached hydrogens (tertiary/aromatic N) is 2. The van der Waals surface area contributed by atoms with Crippen LogP contribution in [0, 0.1) is 20.8 Å². The Labute approximate surface area is 140 Å². The molecule has 23 heavy (non-hydrogen) atoms. The Morgan fingerprint density at radius 1 is 1.39 bits per heavy atom. The van der Waals surface area contributed by atoms with Gasteiger partial charge in [0.15, 0.2) is 0 Å². The van der Waals surface area contributed by atoms with Gasteiger partial charge in [0.2, 0.25) is 0 Å². The van der Waals surface area contributed by atoms with Crippen molar-refractivity contribution in [2.75, 3.05) is 11.9 Å². The first-order valence-corrected chi connectivity index (χ1v) is 8.11. The van der Waals surface area contributed by atoms with Gasteiger partial charge in [-0.25, -0.2) is 4.79 Å². The summed E-state index contributed by atoms with van der Waals surface area (Å²) in [4.78, 5) is 14.6. The number of urea groups is 1. The third kappa shape index (κ3) is 3.06. The van der Waals surface area contributed by atoms with Crippen LogP contribution < -0.4 is 5.32 Å². The molecule has 0 bridgehead atoms. The van der Waals surface area contributed by atoms with E-state index >= 15 is 0 Å². The average Bonchev–Trinajstić information content (AvgIpc) is 3.09. The van der Waals surface area contributed by atoms with E-state index in [2.05, 4.69) is 10.5 Å². The lowest BCUT2D eigenvalue weighted by molar-refractivity contribution is 0.206. The van der Waals surface area contributed by atoms with Gasteiger partial charge < -0.3 is 14.7 Å². The molecule has 6 heteroatoms. The van der Waals surface area contributed by atoms with Gasteiger partial charge in [-0.15, -0.1) is 0 Å². The van der Waals surface area contributed by atoms with Crippen LogP contribution in [0.15, 0.2) is 22.7 Å². The Hall–Kier alpha value is -2.01. The molecule has 3 rings (SSSR count). The fourth-order valence-corrected chi connectivity index (χ4v) is 3.36. The first-order chi connectivity index (χ1) is 11.0. The van der Waals surface area contributed by atoms with Gasteiger partial charge in [0.25, 0.3) is 0 Å². The second kappa shape index (κ2) is 6.24. The van der Waals surface area contributed by atoms with Gasteiger partial charge in [0, 0.05) is 22.8 Å². The van der Waals surface area contributed by atoms with E-state index in [1.807, 2.05) is 37.8 Å². The van der Waals surface area contributed by atoms with Gasteiger partial charge in [-0.2, -0.15) is 0 Å². The average molecular weight is 334 g/mol. The summed E-state index contributed by atoms with van der Waals surface area (Å²) in [6.45, 7) is 6.48. The van der Waals surface area contributed by atoms with E-state index in [1.54, 1.807) is 6.07 Å². The van der Waals surface area contributed by atoms with Crippen molar-refractivity contribution in [3.63, 3.8) is 0 Å². The minimum atomic E-state index is -0.113. The molecule has 0 radical (unpaired) electrons. The van der Waals surface area contributed by atoms with Crippen molar-refractivity contribution in [1.82, 2.24) is 10.1 Å². The van der Waals surface area contributed by atoms with Gasteiger partial charge in [0.1, 0.15) is 5.76 Å². The topological polar surface area (TPSA) is 58.4 Å². The van der Waals surface area contributed by atoms with Crippen molar-refractivity contribution in [2.24, 2.45) is 0 Å². The van der Waals surface area contributed by atoms with Crippen LogP contribution in [-0.2, 0) is 0 Å². The second-order valence-electron chi connectivity index (χ2n) is 5.98. The minimum Gasteiger partial charge on any atom is -0.361 e. The molecule has 122 valence electrons. The maximum atomic E-state index is 12.7. The van der Waals surface area contributed by atoms with Crippen LogP contribution in [-0.4, -0.2) is 22.6 Å². The number of aryl methyl sites for hydroxylation is 3. The van der Waals surface area contributed by atoms with Gasteiger partial charge in [-0.1, -0.05) is 22.8 Å². The zero-order valence-corrected chi connectivity index (χ0v) is 14.3. The number of halogens is 1. The second-order valence-corrected chi connectivity index (χ2v) is 6.42. The van der Waals surface area contributed by atoms with E-state index in [0.29, 0.717) is 5.02 Å². The maximum Gasteiger partial charge on any atom is 0.322 e. The van der Waals surface area contributed by atoms with Crippen molar-refractivity contribution in [3.05, 3.63) is 45.8 Å². The third-order valence-electron chi connectivity index (χ3n) is 4.38. The van der Waals surface area contributed by atoms with Crippen LogP contribution in [0.2, 0.25) is 5.02 Å². The summed E-state index contributed by atoms with van der Waals surface area (Å²) in [7, 11) is 0. The number of amides is 2. The van der Waals surface area contributed by atoms with Crippen LogP contribution in [0.5, 0.6) is 0 Å². The van der Waals surface area contributed by atoms with E-state index in [9.17, 15) is 4.79 Å². The van der Waals surface area contributed by atoms with Gasteiger partial charge >= 0.3 is 6.03 Å². The number of carbonyl (C=O) groups excluding carboxylic acids is 1. The van der Waals surface area contributed by atoms with Crippen molar-refractivity contribution in [3.8, 4) is 0 Å². The number of likely N-dealkylation sites (tertiary alicyclic amines) is 1. The van der Waals surface area contributed by atoms with Crippen molar-refractivity contribution >= 4 is 23.3 Å². The monoisotopic (exact) mass is 333 g/mol. The van der Waals surface area contributed by atoms with Gasteiger partial charge in [-0.3, -0.25) is 0 Å². The minimum absolute atomic E-state index is 0.0146. The lowest BCUT2D eigenvalue weighted by Crippen LogP contribution is -2.35. The zero-order valence-electron chi connectivity index (χ0n) is 13.5. The predicted octanol–water partition coefficient (Wildman–Crippen LogP) is 4.62. The molecule has 0 saturated carbocycles. The zero-order chi connectivity index (χ0) is 16.6. The Bertz CT molecular complexity index is 722. The number of hydrogen-bond donors (Lipinski definition) is 1. The van der Waals surface area contributed by atoms with Crippen molar-refractivity contribution in [1.29, 1.82) is 0 Å². The molecule has 1 aromatic carbocycles. The molecule has 0 aliphatic carbocycles. The summed E-state index contributed by atoms with van der Waals surface area (Å²) in [6, 6.07) is 5.39. The molecule has 1 aliphatic heterocycles. The standard InChI is InChI=1S/C17H20ClN3O2/c1-10-6-7-13(18)9-14(10)19-17(22)21-8-4-5-15(21)16-11(2)20-23-12(16)3/h6-7,9,15H,4-5,8H2,1-3H3,(H,19,22). The lowest BCUT2D eigenvalue weighted by atomic mass is 10.0. The predicted molar refractivity (Wildman–Crippen MR) is 89.9 cm³/mol. The molecule has 1 N–H and O–H groups in total. The van der Waals surface area contributed by atoms with E-state index in [-0.39, 0.29) is 12.1 Å². The normalized spacial score (nSPS) is 17.6. The number of carbonyl (C=O) groups is 1. The summed E-state index contributed by atoms with van der Waals surface area (Å²) < 4.78 is 5.26. The Morgan fingerprint density at radius 3 is 2.87 bits per heavy atom. The molecule has 5 nitrogen and oxygen atoms in total. The quantitative estimate of drug-likeness (QED) is 0.872. The SMILES string of the molecule is Cc1ccc(Cl)cc1NC(=O)N1CCCC1c1c(C)noc1C. The van der Waals surface area contributed by atoms with Gasteiger partial charge in [0.05, 0.1) is 11.7 Å². The summed E-state index contributed by atoms with van der Waals surface area (Å²) in [5, 5.41) is 7.59. The maximum absolute atomic E-state index is 12.7. The van der Waals surface area contributed by atoms with Crippen LogP contribution in [0.4, 0.5) is 10.5 Å². The highest BCUT2D eigenvalue weighted by Gasteiger charge is 2.34. The smallest absolute Gasteiger partial charge is 0.322 e. The van der Waals surface area contributed by atoms with E-state index in [0.717, 1.165) is 47.7 Å². The van der Waals surface area contributed by atoms with E-state index in [4.69, 9.17) is 16.1 Å². The molecule has 1 fully saturated rings. The highest BCUT2D eigenvalue weighted by Crippen LogP contribution is 2.36. The van der Waals surface area contributed by atoms with Gasteiger partial charge in [-0.05, 0) is 51.3 Å². The first-order valence-electron chi connectivity index (χ1n) is 7.74. The number of hydrogen-bond acceptors (Lipinski definition) is 3. The Balaban J connectivity index is 1.83. The summed E-state index contributed by atoms with van der Waals surface area (Å²) in [5.41, 5.74) is 3.61. The highest BCUT2D eigenvalue weighted by atomic mass is 35.5. The summed E-state index contributed by atoms with van der Waals surface area (Å²) >= 11 is 6.03. The van der Waals surface area contributed by atoms with Crippen LogP contribution in [0.25, 0.3) is 0 Å². The third-order valence-corrected chi connectivity index (χ3v) is 4.61. The molecule has 1 saturated heterocycles. The molecule has 1 aliphatic rings. The van der Waals surface area contributed by atoms with Crippen LogP contribution in [0.3, 0.4) is 0 Å². The number of aromatic nitrogens is 1. The highest BCUT2D eigenvalue weighted by molar-refractivity contribution is 6.31. The van der Waals surface area contributed by atoms with E-state index in [1.165, 1.54) is 0 Å². The van der Waals surface area contributed by atoms with Crippen LogP contribution in [0.1, 0.15) is 41.5 Å². The number of benzene rings is 1. The summed E-state index contributed by atoms with van der Waals surface area (Å²) in [6.07, 6.45) is 1.89. The molecular weight excluding hydrogens is 314 g/mol. The summed E-state index contributed by atoms with van der Waals surface area (Å²) in [5.74, 6) is 0.783. The molecule has 1 aromatic heterocycles. The van der Waals surface area contributed by atoms with Crippen LogP contribution >= 0.6 is 11.6 Å². The largest absolute Gasteiger partial charge is 0.361 e. The van der Waals surface area contributed by atoms with Crippen molar-refractivity contribution < 1.29 is 9.32 Å². The van der Waals surface area contributed by atoms with Crippen molar-refractivity contribution in [2.45, 2.75) is 39.7 Å². The number of nitrogens with one attached hydrogen (secondary N) is 1. The lowest BCUT2D eigenvalue weighted by Gasteiger charge is -2.25. The first kappa shape index (κ1) is 15.9. The number of rotatable bonds is 2. The molecule has 2 amide bonds. The molecule has 0 spiro atoms. The molecule has 2 aromatic rings. The molecule has 1 unspecified atom stereocenters. The number of anilines is 1. The molecule has 1 atom stereocenters. The molecule has 2 heterocycles. The fraction of sp³-hybridized carbons (Fsp3) is 0.412. The molecular formula is C17H20ClN3O2. The Kier molecular flexibility index (Phi) is 4.31. The fourth-order valence-electron chi connectivity index (χ4n) is 3.19. The Morgan fingerprint density at radius 2 is 2.17 bits per heavy atom.